The summed E-state index contributed by atoms with van der Waals surface area (Å²) in [6.45, 7) is 2.29. The lowest BCUT2D eigenvalue weighted by molar-refractivity contribution is -0.116. The minimum absolute atomic E-state index is 0.0177. The number of nitrogens with zero attached hydrogens (tertiary/aromatic N) is 4. The lowest BCUT2D eigenvalue weighted by Crippen LogP contribution is -2.16. The molecule has 3 aromatic rings. The van der Waals surface area contributed by atoms with Gasteiger partial charge >= 0.3 is 0 Å². The topological polar surface area (TPSA) is 119 Å². The molecule has 2 N–H and O–H groups in total. The maximum absolute atomic E-state index is 12.4. The molecule has 1 amide bonds. The van der Waals surface area contributed by atoms with E-state index in [1.807, 2.05) is 6.92 Å². The van der Waals surface area contributed by atoms with Gasteiger partial charge in [-0.25, -0.2) is 8.42 Å². The quantitative estimate of drug-likeness (QED) is 0.515. The first-order valence-corrected chi connectivity index (χ1v) is 11.0. The second-order valence-electron chi connectivity index (χ2n) is 5.99. The van der Waals surface area contributed by atoms with E-state index in [-0.39, 0.29) is 28.2 Å². The predicted molar refractivity (Wildman–Crippen MR) is 112 cm³/mol. The molecule has 12 heteroatoms. The molecule has 0 aliphatic heterocycles. The van der Waals surface area contributed by atoms with Crippen molar-refractivity contribution in [3.8, 4) is 0 Å². The van der Waals surface area contributed by atoms with Crippen LogP contribution in [0.1, 0.15) is 12.1 Å². The number of hydrogen-bond acceptors (Lipinski definition) is 6. The number of amides is 1. The van der Waals surface area contributed by atoms with Crippen molar-refractivity contribution in [1.29, 1.82) is 0 Å². The van der Waals surface area contributed by atoms with Crippen LogP contribution in [0.15, 0.2) is 52.0 Å². The molecule has 9 nitrogen and oxygen atoms in total. The van der Waals surface area contributed by atoms with Crippen molar-refractivity contribution in [2.75, 3.05) is 10.0 Å². The van der Waals surface area contributed by atoms with E-state index in [9.17, 15) is 13.2 Å². The van der Waals surface area contributed by atoms with E-state index in [1.54, 1.807) is 10.9 Å². The van der Waals surface area contributed by atoms with Gasteiger partial charge in [0.2, 0.25) is 5.91 Å². The van der Waals surface area contributed by atoms with Gasteiger partial charge in [0.25, 0.3) is 10.0 Å². The van der Waals surface area contributed by atoms with E-state index >= 15 is 0 Å². The van der Waals surface area contributed by atoms with Crippen LogP contribution in [-0.4, -0.2) is 34.3 Å². The number of anilines is 2. The third-order valence-electron chi connectivity index (χ3n) is 3.77. The molecule has 2 aromatic heterocycles. The normalized spacial score (nSPS) is 11.3. The smallest absolute Gasteiger partial charge is 0.263 e. The number of sulfonamides is 1. The summed E-state index contributed by atoms with van der Waals surface area (Å²) in [5.74, 6) is -0.160. The number of carbonyl (C=O) groups excluding carboxylic acids is 1. The summed E-state index contributed by atoms with van der Waals surface area (Å²) in [5, 5.41) is 14.4. The summed E-state index contributed by atoms with van der Waals surface area (Å²) < 4.78 is 29.7. The lowest BCUT2D eigenvalue weighted by Gasteiger charge is -2.09. The number of hydrogen-bond donors (Lipinski definition) is 2. The number of aryl methyl sites for hydroxylation is 2. The van der Waals surface area contributed by atoms with Crippen molar-refractivity contribution in [3.63, 3.8) is 0 Å². The molecule has 0 saturated heterocycles. The summed E-state index contributed by atoms with van der Waals surface area (Å²) in [4.78, 5) is 12.1. The highest BCUT2D eigenvalue weighted by molar-refractivity contribution is 9.10. The average molecular weight is 500 g/mol. The van der Waals surface area contributed by atoms with Crippen molar-refractivity contribution in [1.82, 2.24) is 20.0 Å². The van der Waals surface area contributed by atoms with Crippen LogP contribution < -0.4 is 10.0 Å². The monoisotopic (exact) mass is 498 g/mol. The van der Waals surface area contributed by atoms with Crippen LogP contribution in [0, 0.1) is 6.92 Å². The number of rotatable bonds is 7. The van der Waals surface area contributed by atoms with Gasteiger partial charge in [-0.15, -0.1) is 10.2 Å². The fourth-order valence-corrected chi connectivity index (χ4v) is 3.75. The second kappa shape index (κ2) is 8.89. The van der Waals surface area contributed by atoms with E-state index < -0.39 is 10.0 Å². The van der Waals surface area contributed by atoms with Crippen molar-refractivity contribution < 1.29 is 13.2 Å². The average Bonchev–Trinajstić information content (AvgIpc) is 3.00. The van der Waals surface area contributed by atoms with Crippen molar-refractivity contribution in [2.24, 2.45) is 0 Å². The summed E-state index contributed by atoms with van der Waals surface area (Å²) in [6.07, 6.45) is 2.03. The van der Waals surface area contributed by atoms with E-state index in [0.29, 0.717) is 12.2 Å². The Labute approximate surface area is 180 Å². The number of halogens is 2. The molecule has 0 aliphatic carbocycles. The Balaban J connectivity index is 1.58. The molecule has 0 fully saturated rings. The SMILES string of the molecule is Cc1nn(CCC(=O)Nc2ccc(S(=O)(=O)Nc3ccc(Cl)nn3)cc2)cc1Br. The molecule has 0 spiro atoms. The van der Waals surface area contributed by atoms with E-state index in [0.717, 1.165) is 10.2 Å². The van der Waals surface area contributed by atoms with Gasteiger partial charge in [-0.05, 0) is 59.3 Å². The molecule has 2 heterocycles. The predicted octanol–water partition coefficient (Wildman–Crippen LogP) is 3.23. The molecule has 0 unspecified atom stereocenters. The van der Waals surface area contributed by atoms with Gasteiger partial charge in [0.15, 0.2) is 11.0 Å². The molecular weight excluding hydrogens is 484 g/mol. The van der Waals surface area contributed by atoms with Gasteiger partial charge in [-0.1, -0.05) is 11.6 Å². The molecule has 0 atom stereocenters. The van der Waals surface area contributed by atoms with Gasteiger partial charge < -0.3 is 5.32 Å². The molecule has 1 aromatic carbocycles. The third-order valence-corrected chi connectivity index (χ3v) is 6.12. The van der Waals surface area contributed by atoms with E-state index in [2.05, 4.69) is 41.3 Å². The molecule has 0 bridgehead atoms. The van der Waals surface area contributed by atoms with Crippen LogP contribution in [0.3, 0.4) is 0 Å². The number of nitrogens with one attached hydrogen (secondary N) is 2. The van der Waals surface area contributed by atoms with Crippen LogP contribution in [-0.2, 0) is 21.4 Å². The lowest BCUT2D eigenvalue weighted by atomic mass is 10.3. The Morgan fingerprint density at radius 2 is 1.90 bits per heavy atom. The van der Waals surface area contributed by atoms with E-state index in [4.69, 9.17) is 11.6 Å². The minimum atomic E-state index is -3.84. The summed E-state index contributed by atoms with van der Waals surface area (Å²) in [7, 11) is -3.84. The van der Waals surface area contributed by atoms with Crippen molar-refractivity contribution >= 4 is 55.0 Å². The number of carbonyl (C=O) groups is 1. The Kier molecular flexibility index (Phi) is 6.50. The van der Waals surface area contributed by atoms with Crippen LogP contribution in [0.5, 0.6) is 0 Å². The Morgan fingerprint density at radius 3 is 2.48 bits per heavy atom. The zero-order valence-corrected chi connectivity index (χ0v) is 18.3. The molecule has 29 heavy (non-hydrogen) atoms. The largest absolute Gasteiger partial charge is 0.326 e. The van der Waals surface area contributed by atoms with Gasteiger partial charge in [0.1, 0.15) is 0 Å². The molecule has 0 saturated carbocycles. The molecule has 3 rings (SSSR count). The van der Waals surface area contributed by atoms with Crippen molar-refractivity contribution in [3.05, 3.63) is 57.9 Å². The Hall–Kier alpha value is -2.50. The van der Waals surface area contributed by atoms with Gasteiger partial charge in [0, 0.05) is 24.8 Å². The van der Waals surface area contributed by atoms with Crippen molar-refractivity contribution in [2.45, 2.75) is 24.8 Å². The van der Waals surface area contributed by atoms with Crippen LogP contribution >= 0.6 is 27.5 Å². The Bertz CT molecular complexity index is 1100. The first kappa shape index (κ1) is 21.2. The van der Waals surface area contributed by atoms with Crippen LogP contribution in [0.4, 0.5) is 11.5 Å². The zero-order valence-electron chi connectivity index (χ0n) is 15.1. The summed E-state index contributed by atoms with van der Waals surface area (Å²) in [5.41, 5.74) is 1.33. The van der Waals surface area contributed by atoms with Crippen LogP contribution in [0.25, 0.3) is 0 Å². The van der Waals surface area contributed by atoms with Gasteiger partial charge in [-0.2, -0.15) is 5.10 Å². The minimum Gasteiger partial charge on any atom is -0.326 e. The number of aromatic nitrogens is 4. The highest BCUT2D eigenvalue weighted by atomic mass is 79.9. The molecule has 0 radical (unpaired) electrons. The molecular formula is C17H16BrClN6O3S. The maximum Gasteiger partial charge on any atom is 0.263 e. The standard InChI is InChI=1S/C17H16BrClN6O3S/c1-11-14(18)10-25(23-11)9-8-17(26)20-12-2-4-13(5-3-12)29(27,28)24-16-7-6-15(19)21-22-16/h2-7,10H,8-9H2,1H3,(H,20,26)(H,22,24). The van der Waals surface area contributed by atoms with E-state index in [1.165, 1.54) is 36.4 Å². The highest BCUT2D eigenvalue weighted by Crippen LogP contribution is 2.18. The molecule has 0 aliphatic rings. The summed E-state index contributed by atoms with van der Waals surface area (Å²) in [6, 6.07) is 8.61. The molecule has 152 valence electrons. The fourth-order valence-electron chi connectivity index (χ4n) is 2.33. The highest BCUT2D eigenvalue weighted by Gasteiger charge is 2.15. The second-order valence-corrected chi connectivity index (χ2v) is 8.92. The van der Waals surface area contributed by atoms with Gasteiger partial charge in [-0.3, -0.25) is 14.2 Å². The summed E-state index contributed by atoms with van der Waals surface area (Å²) >= 11 is 9.00. The first-order chi connectivity index (χ1) is 13.7. The Morgan fingerprint density at radius 1 is 1.17 bits per heavy atom. The zero-order chi connectivity index (χ0) is 21.0. The fraction of sp³-hybridized carbons (Fsp3) is 0.176. The van der Waals surface area contributed by atoms with Gasteiger partial charge in [0.05, 0.1) is 15.1 Å². The maximum atomic E-state index is 12.4. The first-order valence-electron chi connectivity index (χ1n) is 8.34. The van der Waals surface area contributed by atoms with Crippen LogP contribution in [0.2, 0.25) is 5.15 Å². The number of benzene rings is 1. The third kappa shape index (κ3) is 5.75.